The predicted molar refractivity (Wildman–Crippen MR) is 13.0 cm³/mol. The Morgan fingerprint density at radius 1 is 1.80 bits per heavy atom. The molecule has 0 bridgehead atoms. The number of hydrogen-bond donors (Lipinski definition) is 1. The van der Waals surface area contributed by atoms with Gasteiger partial charge in [0.1, 0.15) is 0 Å². The Bertz CT molecular complexity index is 30.6. The van der Waals surface area contributed by atoms with Crippen molar-refractivity contribution in [1.82, 2.24) is 0 Å². The van der Waals surface area contributed by atoms with Crippen LogP contribution in [0.3, 0.4) is 0 Å². The van der Waals surface area contributed by atoms with Gasteiger partial charge in [-0.25, -0.2) is 0 Å². The van der Waals surface area contributed by atoms with Gasteiger partial charge in [-0.05, 0) is 0 Å². The maximum atomic E-state index is 8.89. The molecule has 0 atom stereocenters. The van der Waals surface area contributed by atoms with Crippen LogP contribution < -0.4 is 0 Å². The predicted octanol–water partition coefficient (Wildman–Crippen LogP) is -0.0974. The summed E-state index contributed by atoms with van der Waals surface area (Å²) in [6, 6.07) is 0. The van der Waals surface area contributed by atoms with Crippen LogP contribution in [-0.4, -0.2) is 11.1 Å². The molecule has 0 radical (unpaired) electrons. The van der Waals surface area contributed by atoms with Crippen molar-refractivity contribution in [3.05, 3.63) is 6.92 Å². The monoisotopic (exact) mass is 239 g/mol. The second-order valence-electron chi connectivity index (χ2n) is 0.394. The van der Waals surface area contributed by atoms with Gasteiger partial charge in [-0.2, -0.15) is 0 Å². The molecule has 0 unspecified atom stereocenters. The van der Waals surface area contributed by atoms with Gasteiger partial charge in [0.15, 0.2) is 5.97 Å². The zero-order valence-corrected chi connectivity index (χ0v) is 6.16. The molecular weight excluding hydrogens is 235 g/mol. The zero-order chi connectivity index (χ0) is 3.58. The SMILES string of the molecule is [CH2-]C(=O)O.[Hf]. The van der Waals surface area contributed by atoms with Crippen molar-refractivity contribution in [2.45, 2.75) is 0 Å². The summed E-state index contributed by atoms with van der Waals surface area (Å²) in [6.07, 6.45) is 0. The summed E-state index contributed by atoms with van der Waals surface area (Å²) in [5.41, 5.74) is 0. The summed E-state index contributed by atoms with van der Waals surface area (Å²) >= 11 is 0. The summed E-state index contributed by atoms with van der Waals surface area (Å²) in [7, 11) is 0. The minimum Gasteiger partial charge on any atom is -0.503 e. The molecule has 0 amide bonds. The van der Waals surface area contributed by atoms with Crippen LogP contribution in [0.5, 0.6) is 0 Å². The van der Waals surface area contributed by atoms with Crippen LogP contribution in [0.25, 0.3) is 0 Å². The van der Waals surface area contributed by atoms with E-state index in [-0.39, 0.29) is 25.8 Å². The molecule has 1 N–H and O–H groups in total. The normalized spacial score (nSPS) is 4.80. The zero-order valence-electron chi connectivity index (χ0n) is 2.56. The average molecular weight is 238 g/mol. The van der Waals surface area contributed by atoms with Crippen LogP contribution in [0.4, 0.5) is 0 Å². The molecule has 0 aromatic heterocycles. The van der Waals surface area contributed by atoms with Gasteiger partial charge in [-0.15, -0.1) is 0 Å². The Balaban J connectivity index is 0. The third kappa shape index (κ3) is 466. The Hall–Kier alpha value is 0.210. The molecule has 0 aliphatic rings. The Morgan fingerprint density at radius 2 is 1.80 bits per heavy atom. The van der Waals surface area contributed by atoms with E-state index in [0.717, 1.165) is 0 Å². The molecule has 0 spiro atoms. The number of carboxylic acid groups (broad SMARTS) is 1. The summed E-state index contributed by atoms with van der Waals surface area (Å²) in [4.78, 5) is 8.89. The van der Waals surface area contributed by atoms with Gasteiger partial charge < -0.3 is 5.11 Å². The molecule has 0 fully saturated rings. The van der Waals surface area contributed by atoms with Crippen molar-refractivity contribution in [3.63, 3.8) is 0 Å². The fourth-order valence-electron chi connectivity index (χ4n) is 0. The fraction of sp³-hybridized carbons (Fsp3) is 0. The minimum absolute atomic E-state index is 0. The first-order valence-electron chi connectivity index (χ1n) is 0.781. The van der Waals surface area contributed by atoms with E-state index in [1.807, 2.05) is 0 Å². The van der Waals surface area contributed by atoms with E-state index < -0.39 is 5.97 Å². The summed E-state index contributed by atoms with van der Waals surface area (Å²) < 4.78 is 0. The first-order valence-corrected chi connectivity index (χ1v) is 0.781. The maximum Gasteiger partial charge on any atom is 0.161 e. The molecule has 2 nitrogen and oxygen atoms in total. The van der Waals surface area contributed by atoms with Crippen molar-refractivity contribution >= 4 is 5.97 Å². The minimum atomic E-state index is -1.08. The Labute approximate surface area is 49.0 Å². The van der Waals surface area contributed by atoms with E-state index in [0.29, 0.717) is 0 Å². The number of carbonyl (C=O) groups is 1. The second-order valence-corrected chi connectivity index (χ2v) is 0.394. The van der Waals surface area contributed by atoms with Crippen molar-refractivity contribution in [1.29, 1.82) is 0 Å². The molecule has 0 aliphatic heterocycles. The standard InChI is InChI=1S/C2H3O2.Hf/c1-2(3)4;/h1H2,(H,3,4);/q-1;. The Morgan fingerprint density at radius 3 is 1.80 bits per heavy atom. The van der Waals surface area contributed by atoms with E-state index in [1.165, 1.54) is 0 Å². The van der Waals surface area contributed by atoms with Crippen LogP contribution in [0.2, 0.25) is 0 Å². The van der Waals surface area contributed by atoms with Crippen molar-refractivity contribution in [3.8, 4) is 0 Å². The second kappa shape index (κ2) is 4.21. The van der Waals surface area contributed by atoms with Crippen molar-refractivity contribution in [2.75, 3.05) is 0 Å². The molecular formula is C2H3HfO2-. The first kappa shape index (κ1) is 8.96. The van der Waals surface area contributed by atoms with Gasteiger partial charge in [0, 0.05) is 25.8 Å². The number of carboxylic acids is 1. The quantitative estimate of drug-likeness (QED) is 0.472. The number of aliphatic carboxylic acids is 1. The largest absolute Gasteiger partial charge is 0.503 e. The molecule has 0 saturated heterocycles. The van der Waals surface area contributed by atoms with Crippen LogP contribution in [0.15, 0.2) is 0 Å². The molecule has 0 aliphatic carbocycles. The van der Waals surface area contributed by atoms with Crippen LogP contribution in [-0.2, 0) is 30.6 Å². The van der Waals surface area contributed by atoms with E-state index in [9.17, 15) is 0 Å². The van der Waals surface area contributed by atoms with Gasteiger partial charge in [0.2, 0.25) is 0 Å². The van der Waals surface area contributed by atoms with Crippen LogP contribution >= 0.6 is 0 Å². The van der Waals surface area contributed by atoms with Crippen molar-refractivity contribution < 1.29 is 35.7 Å². The molecule has 28 valence electrons. The van der Waals surface area contributed by atoms with Gasteiger partial charge in [0.05, 0.1) is 0 Å². The fourth-order valence-corrected chi connectivity index (χ4v) is 0. The van der Waals surface area contributed by atoms with E-state index in [1.54, 1.807) is 0 Å². The molecule has 0 rings (SSSR count). The number of rotatable bonds is 0. The topological polar surface area (TPSA) is 37.3 Å². The molecule has 3 heteroatoms. The third-order valence-electron chi connectivity index (χ3n) is 0. The summed E-state index contributed by atoms with van der Waals surface area (Å²) in [6.45, 7) is 2.56. The van der Waals surface area contributed by atoms with E-state index in [4.69, 9.17) is 9.90 Å². The molecule has 0 aromatic rings. The maximum absolute atomic E-state index is 8.89. The first-order chi connectivity index (χ1) is 1.73. The Kier molecular flexibility index (Phi) is 7.55. The molecule has 0 heterocycles. The van der Waals surface area contributed by atoms with Gasteiger partial charge >= 0.3 is 0 Å². The molecule has 0 aromatic carbocycles. The van der Waals surface area contributed by atoms with Crippen LogP contribution in [0.1, 0.15) is 0 Å². The molecule has 0 saturated carbocycles. The third-order valence-corrected chi connectivity index (χ3v) is 0. The van der Waals surface area contributed by atoms with Gasteiger partial charge in [-0.1, -0.05) is 0 Å². The van der Waals surface area contributed by atoms with Gasteiger partial charge in [-0.3, -0.25) is 11.7 Å². The van der Waals surface area contributed by atoms with Crippen molar-refractivity contribution in [2.24, 2.45) is 0 Å². The van der Waals surface area contributed by atoms with Gasteiger partial charge in [0.25, 0.3) is 0 Å². The summed E-state index contributed by atoms with van der Waals surface area (Å²) in [5, 5.41) is 7.31. The van der Waals surface area contributed by atoms with E-state index in [2.05, 4.69) is 6.92 Å². The van der Waals surface area contributed by atoms with E-state index >= 15 is 0 Å². The average Bonchev–Trinajstić information content (AvgIpc) is 0.811. The summed E-state index contributed by atoms with van der Waals surface area (Å²) in [5.74, 6) is -1.08. The van der Waals surface area contributed by atoms with Crippen LogP contribution in [0, 0.1) is 6.92 Å². The number of hydrogen-bond acceptors (Lipinski definition) is 1. The smallest absolute Gasteiger partial charge is 0.161 e. The molecule has 5 heavy (non-hydrogen) atoms.